The molecule has 0 fully saturated rings. The Morgan fingerprint density at radius 2 is 2.33 bits per heavy atom. The molecular formula is C11H9BrN2O. The molecular weight excluding hydrogens is 256 g/mol. The molecule has 0 bridgehead atoms. The lowest BCUT2D eigenvalue weighted by molar-refractivity contribution is -0.112. The van der Waals surface area contributed by atoms with Gasteiger partial charge in [-0.2, -0.15) is 0 Å². The minimum Gasteiger partial charge on any atom is -0.338 e. The van der Waals surface area contributed by atoms with Gasteiger partial charge in [-0.25, -0.2) is 4.98 Å². The van der Waals surface area contributed by atoms with E-state index in [0.29, 0.717) is 5.82 Å². The van der Waals surface area contributed by atoms with E-state index in [1.807, 2.05) is 18.2 Å². The van der Waals surface area contributed by atoms with Crippen LogP contribution in [0.15, 0.2) is 28.7 Å². The number of imidazole rings is 1. The molecule has 0 radical (unpaired) electrons. The second-order valence-corrected chi connectivity index (χ2v) is 4.05. The van der Waals surface area contributed by atoms with Crippen molar-refractivity contribution in [3.05, 3.63) is 34.6 Å². The Kier molecular flexibility index (Phi) is 2.68. The third kappa shape index (κ3) is 2.15. The molecule has 1 heterocycles. The van der Waals surface area contributed by atoms with Crippen LogP contribution in [0.25, 0.3) is 17.1 Å². The van der Waals surface area contributed by atoms with Crippen molar-refractivity contribution in [3.63, 3.8) is 0 Å². The van der Waals surface area contributed by atoms with Crippen molar-refractivity contribution in [2.24, 2.45) is 0 Å². The van der Waals surface area contributed by atoms with Crippen LogP contribution in [0.3, 0.4) is 0 Å². The number of hydrogen-bond acceptors (Lipinski definition) is 2. The van der Waals surface area contributed by atoms with Crippen molar-refractivity contribution >= 4 is 38.8 Å². The first-order valence-electron chi connectivity index (χ1n) is 4.50. The lowest BCUT2D eigenvalue weighted by Crippen LogP contribution is -1.81. The fourth-order valence-electron chi connectivity index (χ4n) is 1.29. The number of carbonyl (C=O) groups is 1. The second kappa shape index (κ2) is 3.98. The first-order valence-corrected chi connectivity index (χ1v) is 5.29. The number of nitrogens with one attached hydrogen (secondary N) is 1. The van der Waals surface area contributed by atoms with E-state index in [0.717, 1.165) is 15.5 Å². The zero-order valence-corrected chi connectivity index (χ0v) is 9.71. The number of hydrogen-bond donors (Lipinski definition) is 1. The standard InChI is InChI=1S/C11H9BrN2O/c1-7(15)5-6-10-13-9-4-2-3-8(12)11(9)14-10/h2-6H,1H3,(H,13,14)/b6-5+. The van der Waals surface area contributed by atoms with E-state index in [2.05, 4.69) is 25.9 Å². The number of allylic oxidation sites excluding steroid dienone is 1. The van der Waals surface area contributed by atoms with Crippen LogP contribution in [0.4, 0.5) is 0 Å². The van der Waals surface area contributed by atoms with E-state index in [4.69, 9.17) is 0 Å². The van der Waals surface area contributed by atoms with Crippen LogP contribution < -0.4 is 0 Å². The van der Waals surface area contributed by atoms with Gasteiger partial charge in [-0.3, -0.25) is 4.79 Å². The third-order valence-corrected chi connectivity index (χ3v) is 2.62. The highest BCUT2D eigenvalue weighted by atomic mass is 79.9. The summed E-state index contributed by atoms with van der Waals surface area (Å²) in [5.41, 5.74) is 1.83. The number of fused-ring (bicyclic) bond motifs is 1. The first-order chi connectivity index (χ1) is 7.16. The average Bonchev–Trinajstić information content (AvgIpc) is 2.59. The van der Waals surface area contributed by atoms with Gasteiger partial charge in [0.05, 0.1) is 11.0 Å². The van der Waals surface area contributed by atoms with Gasteiger partial charge in [0.15, 0.2) is 5.78 Å². The summed E-state index contributed by atoms with van der Waals surface area (Å²) in [6, 6.07) is 5.78. The topological polar surface area (TPSA) is 45.8 Å². The fourth-order valence-corrected chi connectivity index (χ4v) is 1.75. The molecule has 0 amide bonds. The van der Waals surface area contributed by atoms with Crippen molar-refractivity contribution in [1.82, 2.24) is 9.97 Å². The van der Waals surface area contributed by atoms with Gasteiger partial charge in [-0.1, -0.05) is 6.07 Å². The van der Waals surface area contributed by atoms with Gasteiger partial charge in [-0.05, 0) is 47.1 Å². The van der Waals surface area contributed by atoms with E-state index in [1.54, 1.807) is 6.08 Å². The summed E-state index contributed by atoms with van der Waals surface area (Å²) < 4.78 is 0.968. The lowest BCUT2D eigenvalue weighted by Gasteiger charge is -1.89. The maximum Gasteiger partial charge on any atom is 0.152 e. The Balaban J connectivity index is 2.48. The summed E-state index contributed by atoms with van der Waals surface area (Å²) in [6.45, 7) is 1.51. The van der Waals surface area contributed by atoms with Gasteiger partial charge < -0.3 is 4.98 Å². The third-order valence-electron chi connectivity index (χ3n) is 1.96. The van der Waals surface area contributed by atoms with Crippen LogP contribution in [0.2, 0.25) is 0 Å². The quantitative estimate of drug-likeness (QED) is 0.848. The van der Waals surface area contributed by atoms with E-state index in [1.165, 1.54) is 13.0 Å². The molecule has 15 heavy (non-hydrogen) atoms. The lowest BCUT2D eigenvalue weighted by atomic mass is 10.3. The van der Waals surface area contributed by atoms with Crippen LogP contribution in [0, 0.1) is 0 Å². The predicted octanol–water partition coefficient (Wildman–Crippen LogP) is 2.93. The SMILES string of the molecule is CC(=O)/C=C/c1nc2cccc(Br)c2[nH]1. The van der Waals surface area contributed by atoms with E-state index < -0.39 is 0 Å². The number of halogens is 1. The molecule has 0 unspecified atom stereocenters. The van der Waals surface area contributed by atoms with Crippen molar-refractivity contribution in [3.8, 4) is 0 Å². The highest BCUT2D eigenvalue weighted by molar-refractivity contribution is 9.10. The van der Waals surface area contributed by atoms with Gasteiger partial charge in [0.2, 0.25) is 0 Å². The van der Waals surface area contributed by atoms with Crippen LogP contribution >= 0.6 is 15.9 Å². The van der Waals surface area contributed by atoms with Gasteiger partial charge in [0.1, 0.15) is 5.82 Å². The second-order valence-electron chi connectivity index (χ2n) is 3.20. The normalized spacial score (nSPS) is 11.3. The van der Waals surface area contributed by atoms with Crippen LogP contribution in [-0.4, -0.2) is 15.8 Å². The minimum atomic E-state index is 0.00882. The molecule has 0 atom stereocenters. The molecule has 0 saturated heterocycles. The Hall–Kier alpha value is -1.42. The van der Waals surface area contributed by atoms with Gasteiger partial charge in [-0.15, -0.1) is 0 Å². The van der Waals surface area contributed by atoms with Gasteiger partial charge in [0.25, 0.3) is 0 Å². The average molecular weight is 265 g/mol. The van der Waals surface area contributed by atoms with Crippen molar-refractivity contribution < 1.29 is 4.79 Å². The van der Waals surface area contributed by atoms with E-state index in [9.17, 15) is 4.79 Å². The monoisotopic (exact) mass is 264 g/mol. The Bertz CT molecular complexity index is 543. The largest absolute Gasteiger partial charge is 0.338 e. The zero-order chi connectivity index (χ0) is 10.8. The number of para-hydroxylation sites is 1. The molecule has 0 saturated carbocycles. The Labute approximate surface area is 95.3 Å². The molecule has 1 aromatic carbocycles. The molecule has 2 aromatic rings. The zero-order valence-electron chi connectivity index (χ0n) is 8.12. The summed E-state index contributed by atoms with van der Waals surface area (Å²) in [6.07, 6.45) is 3.17. The number of nitrogens with zero attached hydrogens (tertiary/aromatic N) is 1. The number of H-pyrrole nitrogens is 1. The number of aromatic amines is 1. The molecule has 3 nitrogen and oxygen atoms in total. The summed E-state index contributed by atoms with van der Waals surface area (Å²) in [4.78, 5) is 18.2. The molecule has 4 heteroatoms. The smallest absolute Gasteiger partial charge is 0.152 e. The van der Waals surface area contributed by atoms with Crippen molar-refractivity contribution in [2.75, 3.05) is 0 Å². The highest BCUT2D eigenvalue weighted by Crippen LogP contribution is 2.21. The number of benzene rings is 1. The molecule has 0 aliphatic heterocycles. The van der Waals surface area contributed by atoms with Crippen molar-refractivity contribution in [2.45, 2.75) is 6.92 Å². The maximum atomic E-state index is 10.8. The highest BCUT2D eigenvalue weighted by Gasteiger charge is 2.02. The minimum absolute atomic E-state index is 0.00882. The first kappa shape index (κ1) is 10.1. The van der Waals surface area contributed by atoms with Crippen molar-refractivity contribution in [1.29, 1.82) is 0 Å². The van der Waals surface area contributed by atoms with Gasteiger partial charge in [0, 0.05) is 4.47 Å². The number of rotatable bonds is 2. The Morgan fingerprint density at radius 3 is 3.00 bits per heavy atom. The molecule has 2 rings (SSSR count). The van der Waals surface area contributed by atoms with Gasteiger partial charge >= 0.3 is 0 Å². The molecule has 76 valence electrons. The van der Waals surface area contributed by atoms with Crippen LogP contribution in [0.5, 0.6) is 0 Å². The molecule has 1 aromatic heterocycles. The van der Waals surface area contributed by atoms with E-state index >= 15 is 0 Å². The number of carbonyl (C=O) groups excluding carboxylic acids is 1. The maximum absolute atomic E-state index is 10.8. The Morgan fingerprint density at radius 1 is 1.53 bits per heavy atom. The summed E-state index contributed by atoms with van der Waals surface area (Å²) in [5.74, 6) is 0.696. The number of ketones is 1. The molecule has 0 aliphatic rings. The summed E-state index contributed by atoms with van der Waals surface area (Å²) in [7, 11) is 0. The van der Waals surface area contributed by atoms with E-state index in [-0.39, 0.29) is 5.78 Å². The fraction of sp³-hybridized carbons (Fsp3) is 0.0909. The molecule has 0 aliphatic carbocycles. The molecule has 0 spiro atoms. The van der Waals surface area contributed by atoms with Crippen LogP contribution in [0.1, 0.15) is 12.7 Å². The van der Waals surface area contributed by atoms with Crippen LogP contribution in [-0.2, 0) is 4.79 Å². The number of aromatic nitrogens is 2. The molecule has 1 N–H and O–H groups in total. The predicted molar refractivity (Wildman–Crippen MR) is 63.5 cm³/mol. The summed E-state index contributed by atoms with van der Waals surface area (Å²) in [5, 5.41) is 0. The summed E-state index contributed by atoms with van der Waals surface area (Å²) >= 11 is 3.43.